The monoisotopic (exact) mass is 667 g/mol. The average molecular weight is 668 g/mol. The number of H-pyrrole nitrogens is 1. The molecule has 7 rings (SSSR count). The molecular weight excluding hydrogens is 633 g/mol. The predicted octanol–water partition coefficient (Wildman–Crippen LogP) is 6.03. The van der Waals surface area contributed by atoms with E-state index >= 15 is 9.18 Å². The number of fused-ring (bicyclic) bond motifs is 6. The van der Waals surface area contributed by atoms with Crippen molar-refractivity contribution in [2.75, 3.05) is 29.9 Å². The molecule has 2 atom stereocenters. The van der Waals surface area contributed by atoms with Crippen LogP contribution in [0.15, 0.2) is 54.2 Å². The zero-order valence-corrected chi connectivity index (χ0v) is 28.3. The molecule has 5 aromatic rings. The van der Waals surface area contributed by atoms with Crippen LogP contribution in [-0.2, 0) is 9.59 Å². The van der Waals surface area contributed by atoms with Gasteiger partial charge in [-0.1, -0.05) is 38.1 Å². The van der Waals surface area contributed by atoms with Gasteiger partial charge in [0.05, 0.1) is 51.5 Å². The SMILES string of the molecule is C=CC(=O)N1CC2C(=O)N(C)c3c(c4cc(Cl)c(-c5c(C)ccc6[nH]cnc56)c(F)c4n(-c4c(C)ccnc4C(C)C)c3=O)N2CC1C. The molecule has 0 radical (unpaired) electrons. The van der Waals surface area contributed by atoms with Crippen LogP contribution in [0, 0.1) is 19.7 Å². The number of rotatable bonds is 4. The number of carbonyl (C=O) groups excluding carboxylic acids is 2. The summed E-state index contributed by atoms with van der Waals surface area (Å²) >= 11 is 7.09. The van der Waals surface area contributed by atoms with Gasteiger partial charge in [0.25, 0.3) is 11.5 Å². The first kappa shape index (κ1) is 31.6. The van der Waals surface area contributed by atoms with E-state index < -0.39 is 17.4 Å². The molecular formula is C36H35ClFN7O3. The number of amides is 2. The predicted molar refractivity (Wildman–Crippen MR) is 187 cm³/mol. The van der Waals surface area contributed by atoms with E-state index in [0.717, 1.165) is 5.56 Å². The summed E-state index contributed by atoms with van der Waals surface area (Å²) in [7, 11) is 1.54. The number of nitrogens with one attached hydrogen (secondary N) is 1. The number of likely N-dealkylation sites (N-methyl/N-ethyl adjacent to an activating group) is 1. The van der Waals surface area contributed by atoms with Crippen molar-refractivity contribution < 1.29 is 14.0 Å². The van der Waals surface area contributed by atoms with Crippen molar-refractivity contribution in [1.82, 2.24) is 24.4 Å². The quantitative estimate of drug-likeness (QED) is 0.235. The molecule has 2 aliphatic rings. The first-order chi connectivity index (χ1) is 22.9. The Morgan fingerprint density at radius 2 is 1.83 bits per heavy atom. The molecule has 0 aliphatic carbocycles. The fraction of sp³-hybridized carbons (Fsp3) is 0.306. The molecule has 0 spiro atoms. The number of hydrogen-bond acceptors (Lipinski definition) is 6. The van der Waals surface area contributed by atoms with Crippen molar-refractivity contribution in [3.8, 4) is 16.8 Å². The van der Waals surface area contributed by atoms with Crippen LogP contribution in [0.25, 0.3) is 38.8 Å². The number of benzene rings is 2. The van der Waals surface area contributed by atoms with Crippen LogP contribution in [-0.4, -0.2) is 68.5 Å². The number of halogens is 2. The van der Waals surface area contributed by atoms with Crippen LogP contribution in [0.5, 0.6) is 0 Å². The Kier molecular flexibility index (Phi) is 7.43. The van der Waals surface area contributed by atoms with Crippen molar-refractivity contribution in [3.05, 3.63) is 87.5 Å². The van der Waals surface area contributed by atoms with Crippen molar-refractivity contribution in [2.24, 2.45) is 0 Å². The third kappa shape index (κ3) is 4.40. The van der Waals surface area contributed by atoms with E-state index in [1.807, 2.05) is 51.7 Å². The third-order valence-electron chi connectivity index (χ3n) is 9.71. The lowest BCUT2D eigenvalue weighted by molar-refractivity contribution is -0.130. The van der Waals surface area contributed by atoms with Gasteiger partial charge in [-0.25, -0.2) is 9.37 Å². The largest absolute Gasteiger partial charge is 0.354 e. The van der Waals surface area contributed by atoms with Gasteiger partial charge in [-0.3, -0.25) is 23.9 Å². The Morgan fingerprint density at radius 1 is 1.08 bits per heavy atom. The summed E-state index contributed by atoms with van der Waals surface area (Å²) in [5.74, 6) is -1.46. The molecule has 246 valence electrons. The fourth-order valence-corrected chi connectivity index (χ4v) is 7.67. The first-order valence-electron chi connectivity index (χ1n) is 15.8. The maximum absolute atomic E-state index is 17.8. The van der Waals surface area contributed by atoms with Gasteiger partial charge in [-0.15, -0.1) is 0 Å². The molecule has 48 heavy (non-hydrogen) atoms. The van der Waals surface area contributed by atoms with Gasteiger partial charge in [0.15, 0.2) is 5.82 Å². The number of aryl methyl sites for hydroxylation is 2. The first-order valence-corrected chi connectivity index (χ1v) is 16.2. The summed E-state index contributed by atoms with van der Waals surface area (Å²) in [6.45, 7) is 13.4. The molecule has 1 saturated heterocycles. The second kappa shape index (κ2) is 11.3. The van der Waals surface area contributed by atoms with E-state index in [0.29, 0.717) is 44.6 Å². The summed E-state index contributed by atoms with van der Waals surface area (Å²) in [6, 6.07) is 6.07. The van der Waals surface area contributed by atoms with Gasteiger partial charge >= 0.3 is 0 Å². The highest BCUT2D eigenvalue weighted by molar-refractivity contribution is 6.35. The number of hydrogen-bond donors (Lipinski definition) is 1. The van der Waals surface area contributed by atoms with Crippen LogP contribution >= 0.6 is 11.6 Å². The summed E-state index contributed by atoms with van der Waals surface area (Å²) in [5, 5.41) is 0.489. The molecule has 1 fully saturated rings. The fourth-order valence-electron chi connectivity index (χ4n) is 7.38. The Bertz CT molecular complexity index is 2280. The average Bonchev–Trinajstić information content (AvgIpc) is 3.53. The molecule has 0 bridgehead atoms. The molecule has 12 heteroatoms. The lowest BCUT2D eigenvalue weighted by Gasteiger charge is -2.50. The highest BCUT2D eigenvalue weighted by Gasteiger charge is 2.46. The summed E-state index contributed by atoms with van der Waals surface area (Å²) in [5.41, 5.74) is 4.35. The molecule has 3 aromatic heterocycles. The van der Waals surface area contributed by atoms with Gasteiger partial charge in [0.1, 0.15) is 11.7 Å². The van der Waals surface area contributed by atoms with Crippen LogP contribution < -0.4 is 15.4 Å². The number of imidazole rings is 1. The molecule has 1 N–H and O–H groups in total. The Hall–Kier alpha value is -5.03. The van der Waals surface area contributed by atoms with E-state index in [2.05, 4.69) is 21.5 Å². The summed E-state index contributed by atoms with van der Waals surface area (Å²) in [4.78, 5) is 58.8. The minimum Gasteiger partial charge on any atom is -0.354 e. The van der Waals surface area contributed by atoms with E-state index in [1.54, 1.807) is 36.6 Å². The lowest BCUT2D eigenvalue weighted by atomic mass is 9.93. The molecule has 2 aliphatic heterocycles. The molecule has 2 aromatic carbocycles. The normalized spacial score (nSPS) is 17.8. The Morgan fingerprint density at radius 3 is 2.54 bits per heavy atom. The minimum atomic E-state index is -0.811. The highest BCUT2D eigenvalue weighted by Crippen LogP contribution is 2.47. The van der Waals surface area contributed by atoms with Gasteiger partial charge in [-0.2, -0.15) is 0 Å². The molecule has 2 amide bonds. The van der Waals surface area contributed by atoms with Gasteiger partial charge in [0, 0.05) is 42.3 Å². The van der Waals surface area contributed by atoms with E-state index in [4.69, 9.17) is 11.6 Å². The third-order valence-corrected chi connectivity index (χ3v) is 10.0. The number of anilines is 2. The van der Waals surface area contributed by atoms with Crippen molar-refractivity contribution in [2.45, 2.75) is 52.6 Å². The Labute approximate surface area is 281 Å². The van der Waals surface area contributed by atoms with Crippen LogP contribution in [0.3, 0.4) is 0 Å². The standard InChI is InChI=1S/C36H35ClFN7O3/c1-8-25(46)43-15-24-35(47)42(7)34-33(44(24)14-20(43)6)21-13-22(37)27(26-18(4)9-10-23-30(26)41-16-40-23)28(38)32(21)45(36(34)48)31-19(5)11-12-39-29(31)17(2)3/h8-13,16-17,20,24H,1,14-15H2,2-7H3,(H,40,41). The smallest absolute Gasteiger partial charge is 0.281 e. The Balaban J connectivity index is 1.65. The number of aromatic amines is 1. The number of carbonyl (C=O) groups is 2. The second-order valence-corrected chi connectivity index (χ2v) is 13.4. The topological polar surface area (TPSA) is 107 Å². The maximum atomic E-state index is 17.8. The lowest BCUT2D eigenvalue weighted by Crippen LogP contribution is -2.66. The van der Waals surface area contributed by atoms with Gasteiger partial charge in [-0.05, 0) is 62.1 Å². The van der Waals surface area contributed by atoms with Gasteiger partial charge in [0.2, 0.25) is 5.91 Å². The zero-order chi connectivity index (χ0) is 34.3. The number of nitrogens with zero attached hydrogens (tertiary/aromatic N) is 6. The molecule has 2 unspecified atom stereocenters. The van der Waals surface area contributed by atoms with Crippen LogP contribution in [0.4, 0.5) is 15.8 Å². The number of aromatic nitrogens is 4. The minimum absolute atomic E-state index is 0.0156. The van der Waals surface area contributed by atoms with Crippen LogP contribution in [0.2, 0.25) is 5.02 Å². The van der Waals surface area contributed by atoms with Crippen molar-refractivity contribution in [3.63, 3.8) is 0 Å². The molecule has 10 nitrogen and oxygen atoms in total. The summed E-state index contributed by atoms with van der Waals surface area (Å²) < 4.78 is 19.2. The highest BCUT2D eigenvalue weighted by atomic mass is 35.5. The van der Waals surface area contributed by atoms with Crippen molar-refractivity contribution >= 4 is 56.7 Å². The molecule has 5 heterocycles. The molecule has 0 saturated carbocycles. The maximum Gasteiger partial charge on any atom is 0.281 e. The van der Waals surface area contributed by atoms with E-state index in [9.17, 15) is 9.59 Å². The second-order valence-electron chi connectivity index (χ2n) is 13.0. The summed E-state index contributed by atoms with van der Waals surface area (Å²) in [6.07, 6.45) is 4.45. The van der Waals surface area contributed by atoms with Crippen molar-refractivity contribution in [1.29, 1.82) is 0 Å². The number of piperazine rings is 1. The number of pyridine rings is 2. The van der Waals surface area contributed by atoms with E-state index in [1.165, 1.54) is 15.5 Å². The zero-order valence-electron chi connectivity index (χ0n) is 27.6. The van der Waals surface area contributed by atoms with Crippen LogP contribution in [0.1, 0.15) is 43.5 Å². The van der Waals surface area contributed by atoms with E-state index in [-0.39, 0.29) is 58.7 Å². The van der Waals surface area contributed by atoms with Gasteiger partial charge < -0.3 is 19.7 Å².